The SMILES string of the molecule is Cc1nc2ccccc2n(CC(=O)Nc2ccccc2C(F)(F)F)c1=O. The summed E-state index contributed by atoms with van der Waals surface area (Å²) in [6.07, 6.45) is -4.60. The number of nitrogens with zero attached hydrogens (tertiary/aromatic N) is 2. The molecule has 3 aromatic rings. The third kappa shape index (κ3) is 3.44. The molecule has 0 unspecified atom stereocenters. The number of rotatable bonds is 3. The predicted octanol–water partition coefficient (Wildman–Crippen LogP) is 3.36. The van der Waals surface area contributed by atoms with Gasteiger partial charge in [0, 0.05) is 0 Å². The fourth-order valence-corrected chi connectivity index (χ4v) is 2.65. The number of nitrogens with one attached hydrogen (secondary N) is 1. The van der Waals surface area contributed by atoms with Crippen molar-refractivity contribution < 1.29 is 18.0 Å². The molecule has 1 aromatic heterocycles. The van der Waals surface area contributed by atoms with E-state index >= 15 is 0 Å². The second-order valence-corrected chi connectivity index (χ2v) is 5.67. The molecule has 0 aliphatic heterocycles. The number of hydrogen-bond donors (Lipinski definition) is 1. The number of hydrogen-bond acceptors (Lipinski definition) is 3. The topological polar surface area (TPSA) is 64.0 Å². The first-order chi connectivity index (χ1) is 12.3. The Morgan fingerprint density at radius 2 is 1.77 bits per heavy atom. The Morgan fingerprint density at radius 1 is 1.12 bits per heavy atom. The number of benzene rings is 2. The molecule has 0 fully saturated rings. The summed E-state index contributed by atoms with van der Waals surface area (Å²) < 4.78 is 40.3. The Bertz CT molecular complexity index is 1040. The van der Waals surface area contributed by atoms with Crippen LogP contribution in [0.1, 0.15) is 11.3 Å². The normalized spacial score (nSPS) is 11.5. The summed E-state index contributed by atoms with van der Waals surface area (Å²) in [7, 11) is 0. The lowest BCUT2D eigenvalue weighted by Gasteiger charge is -2.15. The minimum Gasteiger partial charge on any atom is -0.324 e. The number of halogens is 3. The second kappa shape index (κ2) is 6.62. The summed E-state index contributed by atoms with van der Waals surface area (Å²) in [5, 5.41) is 2.24. The standard InChI is InChI=1S/C18H14F3N3O2/c1-11-17(26)24(15-9-5-4-8-14(15)22-11)10-16(25)23-13-7-3-2-6-12(13)18(19,20)21/h2-9H,10H2,1H3,(H,23,25). The third-order valence-electron chi connectivity index (χ3n) is 3.82. The average Bonchev–Trinajstić information content (AvgIpc) is 2.58. The summed E-state index contributed by atoms with van der Waals surface area (Å²) in [5.74, 6) is -0.737. The number of para-hydroxylation sites is 3. The molecule has 0 radical (unpaired) electrons. The number of aryl methyl sites for hydroxylation is 1. The first-order valence-corrected chi connectivity index (χ1v) is 7.69. The molecule has 1 amide bonds. The van der Waals surface area contributed by atoms with Crippen molar-refractivity contribution in [2.24, 2.45) is 0 Å². The van der Waals surface area contributed by atoms with Crippen molar-refractivity contribution in [2.75, 3.05) is 5.32 Å². The highest BCUT2D eigenvalue weighted by Gasteiger charge is 2.33. The van der Waals surface area contributed by atoms with Gasteiger partial charge in [-0.05, 0) is 31.2 Å². The molecule has 0 saturated heterocycles. The van der Waals surface area contributed by atoms with Crippen LogP contribution < -0.4 is 10.9 Å². The lowest BCUT2D eigenvalue weighted by Crippen LogP contribution is -2.30. The Balaban J connectivity index is 1.95. The zero-order chi connectivity index (χ0) is 18.9. The largest absolute Gasteiger partial charge is 0.418 e. The van der Waals surface area contributed by atoms with Gasteiger partial charge >= 0.3 is 6.18 Å². The fourth-order valence-electron chi connectivity index (χ4n) is 2.65. The molecule has 1 N–H and O–H groups in total. The van der Waals surface area contributed by atoms with E-state index in [-0.39, 0.29) is 11.4 Å². The van der Waals surface area contributed by atoms with E-state index in [1.54, 1.807) is 24.3 Å². The molecule has 0 aliphatic carbocycles. The molecule has 0 aliphatic rings. The number of amides is 1. The number of fused-ring (bicyclic) bond motifs is 1. The minimum atomic E-state index is -4.60. The van der Waals surface area contributed by atoms with Gasteiger partial charge in [-0.15, -0.1) is 0 Å². The molecular formula is C18H14F3N3O2. The van der Waals surface area contributed by atoms with Crippen LogP contribution in [-0.4, -0.2) is 15.5 Å². The molecule has 0 spiro atoms. The number of aromatic nitrogens is 2. The van der Waals surface area contributed by atoms with E-state index in [0.717, 1.165) is 6.07 Å². The third-order valence-corrected chi connectivity index (χ3v) is 3.82. The summed E-state index contributed by atoms with van der Waals surface area (Å²) in [4.78, 5) is 28.8. The Hall–Kier alpha value is -3.16. The highest BCUT2D eigenvalue weighted by molar-refractivity contribution is 5.92. The smallest absolute Gasteiger partial charge is 0.324 e. The van der Waals surface area contributed by atoms with Crippen LogP contribution in [0.15, 0.2) is 53.3 Å². The van der Waals surface area contributed by atoms with E-state index < -0.39 is 29.8 Å². The minimum absolute atomic E-state index is 0.201. The van der Waals surface area contributed by atoms with E-state index in [9.17, 15) is 22.8 Å². The summed E-state index contributed by atoms with van der Waals surface area (Å²) >= 11 is 0. The van der Waals surface area contributed by atoms with E-state index in [1.807, 2.05) is 0 Å². The number of alkyl halides is 3. The maximum Gasteiger partial charge on any atom is 0.418 e. The van der Waals surface area contributed by atoms with Crippen molar-refractivity contribution in [3.8, 4) is 0 Å². The van der Waals surface area contributed by atoms with Crippen molar-refractivity contribution in [3.63, 3.8) is 0 Å². The Kier molecular flexibility index (Phi) is 4.50. The van der Waals surface area contributed by atoms with Gasteiger partial charge in [0.1, 0.15) is 12.2 Å². The quantitative estimate of drug-likeness (QED) is 0.778. The van der Waals surface area contributed by atoms with Gasteiger partial charge < -0.3 is 5.32 Å². The van der Waals surface area contributed by atoms with Gasteiger partial charge in [-0.2, -0.15) is 13.2 Å². The lowest BCUT2D eigenvalue weighted by molar-refractivity contribution is -0.137. The Morgan fingerprint density at radius 3 is 2.50 bits per heavy atom. The second-order valence-electron chi connectivity index (χ2n) is 5.67. The summed E-state index contributed by atoms with van der Waals surface area (Å²) in [6, 6.07) is 11.4. The van der Waals surface area contributed by atoms with Crippen LogP contribution in [0.25, 0.3) is 11.0 Å². The van der Waals surface area contributed by atoms with Crippen molar-refractivity contribution in [3.05, 3.63) is 70.1 Å². The van der Waals surface area contributed by atoms with Crippen LogP contribution >= 0.6 is 0 Å². The van der Waals surface area contributed by atoms with Crippen LogP contribution in [0, 0.1) is 6.92 Å². The number of anilines is 1. The van der Waals surface area contributed by atoms with Gasteiger partial charge in [0.05, 0.1) is 22.3 Å². The summed E-state index contributed by atoms with van der Waals surface area (Å²) in [5.41, 5.74) is -0.616. The van der Waals surface area contributed by atoms with E-state index in [0.29, 0.717) is 11.0 Å². The van der Waals surface area contributed by atoms with E-state index in [2.05, 4.69) is 10.3 Å². The van der Waals surface area contributed by atoms with Crippen molar-refractivity contribution in [1.29, 1.82) is 0 Å². The first-order valence-electron chi connectivity index (χ1n) is 7.69. The molecule has 2 aromatic carbocycles. The maximum atomic E-state index is 13.0. The molecule has 26 heavy (non-hydrogen) atoms. The predicted molar refractivity (Wildman–Crippen MR) is 90.8 cm³/mol. The van der Waals surface area contributed by atoms with Crippen LogP contribution in [-0.2, 0) is 17.5 Å². The molecule has 0 saturated carbocycles. The van der Waals surface area contributed by atoms with Crippen LogP contribution in [0.4, 0.5) is 18.9 Å². The van der Waals surface area contributed by atoms with Gasteiger partial charge in [-0.1, -0.05) is 24.3 Å². The van der Waals surface area contributed by atoms with Crippen LogP contribution in [0.2, 0.25) is 0 Å². The summed E-state index contributed by atoms with van der Waals surface area (Å²) in [6.45, 7) is 1.09. The molecule has 0 atom stereocenters. The zero-order valence-corrected chi connectivity index (χ0v) is 13.7. The molecular weight excluding hydrogens is 347 g/mol. The lowest BCUT2D eigenvalue weighted by atomic mass is 10.1. The molecule has 0 bridgehead atoms. The van der Waals surface area contributed by atoms with Crippen LogP contribution in [0.5, 0.6) is 0 Å². The van der Waals surface area contributed by atoms with Gasteiger partial charge in [0.15, 0.2) is 0 Å². The van der Waals surface area contributed by atoms with Gasteiger partial charge in [0.25, 0.3) is 5.56 Å². The number of carbonyl (C=O) groups excluding carboxylic acids is 1. The van der Waals surface area contributed by atoms with Gasteiger partial charge in [0.2, 0.25) is 5.91 Å². The molecule has 134 valence electrons. The van der Waals surface area contributed by atoms with Gasteiger partial charge in [-0.3, -0.25) is 14.2 Å². The zero-order valence-electron chi connectivity index (χ0n) is 13.7. The monoisotopic (exact) mass is 361 g/mol. The molecule has 1 heterocycles. The van der Waals surface area contributed by atoms with Crippen molar-refractivity contribution in [2.45, 2.75) is 19.6 Å². The highest BCUT2D eigenvalue weighted by Crippen LogP contribution is 2.34. The Labute approximate surface area is 146 Å². The van der Waals surface area contributed by atoms with E-state index in [4.69, 9.17) is 0 Å². The first kappa shape index (κ1) is 17.7. The van der Waals surface area contributed by atoms with Crippen molar-refractivity contribution >= 4 is 22.6 Å². The molecule has 8 heteroatoms. The molecule has 3 rings (SSSR count). The maximum absolute atomic E-state index is 13.0. The molecule has 5 nitrogen and oxygen atoms in total. The van der Waals surface area contributed by atoms with Crippen molar-refractivity contribution in [1.82, 2.24) is 9.55 Å². The van der Waals surface area contributed by atoms with E-state index in [1.165, 1.54) is 29.7 Å². The highest BCUT2D eigenvalue weighted by atomic mass is 19.4. The number of carbonyl (C=O) groups is 1. The van der Waals surface area contributed by atoms with Crippen LogP contribution in [0.3, 0.4) is 0 Å². The average molecular weight is 361 g/mol. The van der Waals surface area contributed by atoms with Gasteiger partial charge in [-0.25, -0.2) is 4.98 Å². The fraction of sp³-hybridized carbons (Fsp3) is 0.167.